The van der Waals surface area contributed by atoms with E-state index in [0.717, 1.165) is 30.8 Å². The van der Waals surface area contributed by atoms with Crippen LogP contribution in [0.5, 0.6) is 0 Å². The van der Waals surface area contributed by atoms with Gasteiger partial charge < -0.3 is 10.6 Å². The third-order valence-electron chi connectivity index (χ3n) is 3.38. The van der Waals surface area contributed by atoms with Crippen LogP contribution in [0.25, 0.3) is 0 Å². The molecule has 0 bridgehead atoms. The lowest BCUT2D eigenvalue weighted by atomic mass is 10.1. The SMILES string of the molecule is CNCCCC(=O)NC1CCc2c(Cl)cccc21. The fraction of sp³-hybridized carbons (Fsp3) is 0.500. The highest BCUT2D eigenvalue weighted by atomic mass is 35.5. The molecule has 0 radical (unpaired) electrons. The summed E-state index contributed by atoms with van der Waals surface area (Å²) in [6, 6.07) is 6.07. The summed E-state index contributed by atoms with van der Waals surface area (Å²) in [5.41, 5.74) is 2.38. The van der Waals surface area contributed by atoms with Crippen LogP contribution in [-0.2, 0) is 11.2 Å². The Balaban J connectivity index is 1.93. The van der Waals surface area contributed by atoms with E-state index in [-0.39, 0.29) is 11.9 Å². The Bertz CT molecular complexity index is 434. The fourth-order valence-electron chi connectivity index (χ4n) is 2.45. The molecule has 0 heterocycles. The number of carbonyl (C=O) groups excluding carboxylic acids is 1. The molecule has 1 aliphatic carbocycles. The molecule has 3 nitrogen and oxygen atoms in total. The summed E-state index contributed by atoms with van der Waals surface area (Å²) >= 11 is 6.15. The van der Waals surface area contributed by atoms with E-state index < -0.39 is 0 Å². The van der Waals surface area contributed by atoms with Crippen molar-refractivity contribution < 1.29 is 4.79 Å². The Morgan fingerprint density at radius 3 is 3.11 bits per heavy atom. The lowest BCUT2D eigenvalue weighted by Crippen LogP contribution is -2.27. The lowest BCUT2D eigenvalue weighted by molar-refractivity contribution is -0.121. The van der Waals surface area contributed by atoms with Gasteiger partial charge in [0.05, 0.1) is 6.04 Å². The van der Waals surface area contributed by atoms with Crippen molar-refractivity contribution in [3.63, 3.8) is 0 Å². The van der Waals surface area contributed by atoms with E-state index in [1.165, 1.54) is 11.1 Å². The molecule has 1 amide bonds. The lowest BCUT2D eigenvalue weighted by Gasteiger charge is -2.14. The molecule has 1 atom stereocenters. The molecule has 2 rings (SSSR count). The van der Waals surface area contributed by atoms with Crippen molar-refractivity contribution in [2.45, 2.75) is 31.7 Å². The highest BCUT2D eigenvalue weighted by molar-refractivity contribution is 6.31. The van der Waals surface area contributed by atoms with Crippen molar-refractivity contribution in [2.75, 3.05) is 13.6 Å². The van der Waals surface area contributed by atoms with E-state index in [4.69, 9.17) is 11.6 Å². The van der Waals surface area contributed by atoms with Gasteiger partial charge in [-0.25, -0.2) is 0 Å². The van der Waals surface area contributed by atoms with Gasteiger partial charge >= 0.3 is 0 Å². The van der Waals surface area contributed by atoms with Crippen LogP contribution in [0.2, 0.25) is 5.02 Å². The molecule has 98 valence electrons. The topological polar surface area (TPSA) is 41.1 Å². The van der Waals surface area contributed by atoms with Crippen LogP contribution in [-0.4, -0.2) is 19.5 Å². The molecular formula is C14H19ClN2O. The second kappa shape index (κ2) is 6.21. The van der Waals surface area contributed by atoms with Gasteiger partial charge in [-0.05, 0) is 50.0 Å². The zero-order valence-corrected chi connectivity index (χ0v) is 11.4. The van der Waals surface area contributed by atoms with Crippen LogP contribution in [0.1, 0.15) is 36.4 Å². The number of hydrogen-bond acceptors (Lipinski definition) is 2. The second-order valence-electron chi connectivity index (χ2n) is 4.67. The summed E-state index contributed by atoms with van der Waals surface area (Å²) in [5.74, 6) is 0.128. The molecular weight excluding hydrogens is 248 g/mol. The largest absolute Gasteiger partial charge is 0.349 e. The number of amides is 1. The third kappa shape index (κ3) is 3.03. The van der Waals surface area contributed by atoms with Crippen molar-refractivity contribution in [3.05, 3.63) is 34.3 Å². The van der Waals surface area contributed by atoms with E-state index >= 15 is 0 Å². The smallest absolute Gasteiger partial charge is 0.220 e. The number of nitrogens with one attached hydrogen (secondary N) is 2. The van der Waals surface area contributed by atoms with Gasteiger partial charge in [0.1, 0.15) is 0 Å². The highest BCUT2D eigenvalue weighted by Crippen LogP contribution is 2.35. The predicted molar refractivity (Wildman–Crippen MR) is 73.8 cm³/mol. The average Bonchev–Trinajstić information content (AvgIpc) is 2.74. The van der Waals surface area contributed by atoms with Crippen molar-refractivity contribution in [3.8, 4) is 0 Å². The van der Waals surface area contributed by atoms with Crippen molar-refractivity contribution in [2.24, 2.45) is 0 Å². The van der Waals surface area contributed by atoms with Gasteiger partial charge in [0.15, 0.2) is 0 Å². The van der Waals surface area contributed by atoms with Crippen molar-refractivity contribution >= 4 is 17.5 Å². The summed E-state index contributed by atoms with van der Waals surface area (Å²) in [6.45, 7) is 0.875. The molecule has 0 saturated heterocycles. The highest BCUT2D eigenvalue weighted by Gasteiger charge is 2.25. The molecule has 18 heavy (non-hydrogen) atoms. The Morgan fingerprint density at radius 1 is 1.50 bits per heavy atom. The zero-order valence-electron chi connectivity index (χ0n) is 10.6. The summed E-state index contributed by atoms with van der Waals surface area (Å²) in [6.07, 6.45) is 3.36. The standard InChI is InChI=1S/C14H19ClN2O/c1-16-9-3-6-14(18)17-13-8-7-10-11(13)4-2-5-12(10)15/h2,4-5,13,16H,3,6-9H2,1H3,(H,17,18). The molecule has 4 heteroatoms. The van der Waals surface area contributed by atoms with Crippen molar-refractivity contribution in [1.82, 2.24) is 10.6 Å². The van der Waals surface area contributed by atoms with Gasteiger partial charge in [0.2, 0.25) is 5.91 Å². The number of rotatable bonds is 5. The maximum atomic E-state index is 11.8. The van der Waals surface area contributed by atoms with Crippen LogP contribution < -0.4 is 10.6 Å². The molecule has 0 spiro atoms. The van der Waals surface area contributed by atoms with E-state index in [1.54, 1.807) is 0 Å². The Hall–Kier alpha value is -1.06. The summed E-state index contributed by atoms with van der Waals surface area (Å²) in [5, 5.41) is 6.96. The maximum Gasteiger partial charge on any atom is 0.220 e. The molecule has 0 saturated carbocycles. The van der Waals surface area contributed by atoms with Crippen molar-refractivity contribution in [1.29, 1.82) is 0 Å². The minimum Gasteiger partial charge on any atom is -0.349 e. The number of halogens is 1. The quantitative estimate of drug-likeness (QED) is 0.804. The minimum absolute atomic E-state index is 0.128. The molecule has 1 aromatic rings. The molecule has 1 aliphatic rings. The van der Waals surface area contributed by atoms with E-state index in [1.807, 2.05) is 19.2 Å². The Labute approximate surface area is 113 Å². The van der Waals surface area contributed by atoms with Crippen LogP contribution in [0.4, 0.5) is 0 Å². The van der Waals surface area contributed by atoms with E-state index in [9.17, 15) is 4.79 Å². The first-order valence-electron chi connectivity index (χ1n) is 6.43. The number of hydrogen-bond donors (Lipinski definition) is 2. The summed E-state index contributed by atoms with van der Waals surface area (Å²) < 4.78 is 0. The minimum atomic E-state index is 0.128. The first kappa shape index (κ1) is 13.4. The summed E-state index contributed by atoms with van der Waals surface area (Å²) in [7, 11) is 1.90. The number of fused-ring (bicyclic) bond motifs is 1. The zero-order chi connectivity index (χ0) is 13.0. The van der Waals surface area contributed by atoms with Gasteiger partial charge in [0.25, 0.3) is 0 Å². The third-order valence-corrected chi connectivity index (χ3v) is 3.73. The number of carbonyl (C=O) groups is 1. The van der Waals surface area contributed by atoms with E-state index in [2.05, 4.69) is 16.7 Å². The molecule has 0 aliphatic heterocycles. The Kier molecular flexibility index (Phi) is 4.61. The monoisotopic (exact) mass is 266 g/mol. The van der Waals surface area contributed by atoms with Gasteiger partial charge in [-0.15, -0.1) is 0 Å². The molecule has 1 aromatic carbocycles. The van der Waals surface area contributed by atoms with Gasteiger partial charge in [0, 0.05) is 11.4 Å². The second-order valence-corrected chi connectivity index (χ2v) is 5.08. The maximum absolute atomic E-state index is 11.8. The average molecular weight is 267 g/mol. The molecule has 2 N–H and O–H groups in total. The molecule has 1 unspecified atom stereocenters. The van der Waals surface area contributed by atoms with Crippen LogP contribution >= 0.6 is 11.6 Å². The van der Waals surface area contributed by atoms with Gasteiger partial charge in [-0.2, -0.15) is 0 Å². The Morgan fingerprint density at radius 2 is 2.33 bits per heavy atom. The van der Waals surface area contributed by atoms with Gasteiger partial charge in [-0.3, -0.25) is 4.79 Å². The first-order chi connectivity index (χ1) is 8.72. The normalized spacial score (nSPS) is 17.6. The van der Waals surface area contributed by atoms with Crippen LogP contribution in [0.3, 0.4) is 0 Å². The molecule has 0 aromatic heterocycles. The first-order valence-corrected chi connectivity index (χ1v) is 6.81. The van der Waals surface area contributed by atoms with E-state index in [0.29, 0.717) is 6.42 Å². The fourth-order valence-corrected chi connectivity index (χ4v) is 2.73. The van der Waals surface area contributed by atoms with Crippen LogP contribution in [0, 0.1) is 0 Å². The van der Waals surface area contributed by atoms with Crippen LogP contribution in [0.15, 0.2) is 18.2 Å². The number of benzene rings is 1. The molecule has 0 fully saturated rings. The van der Waals surface area contributed by atoms with Gasteiger partial charge in [-0.1, -0.05) is 23.7 Å². The predicted octanol–water partition coefficient (Wildman–Crippen LogP) is 2.44. The summed E-state index contributed by atoms with van der Waals surface area (Å²) in [4.78, 5) is 11.8.